The lowest BCUT2D eigenvalue weighted by atomic mass is 10.1. The molecule has 1 saturated heterocycles. The highest BCUT2D eigenvalue weighted by atomic mass is 35.5. The smallest absolute Gasteiger partial charge is 0.276 e. The van der Waals surface area contributed by atoms with Crippen LogP contribution in [-0.4, -0.2) is 41.0 Å². The molecule has 0 radical (unpaired) electrons. The maximum atomic E-state index is 12.5. The molecule has 1 fully saturated rings. The van der Waals surface area contributed by atoms with E-state index in [1.54, 1.807) is 23.2 Å². The zero-order valence-electron chi connectivity index (χ0n) is 12.3. The van der Waals surface area contributed by atoms with Crippen molar-refractivity contribution in [1.29, 1.82) is 0 Å². The molecule has 0 spiro atoms. The molecular weight excluding hydrogens is 313 g/mol. The van der Waals surface area contributed by atoms with Crippen molar-refractivity contribution in [2.45, 2.75) is 38.8 Å². The van der Waals surface area contributed by atoms with Crippen LogP contribution in [0.25, 0.3) is 0 Å². The number of hydrogen-bond donors (Lipinski definition) is 1. The molecule has 1 atom stereocenters. The van der Waals surface area contributed by atoms with Gasteiger partial charge in [-0.2, -0.15) is 0 Å². The highest BCUT2D eigenvalue weighted by Gasteiger charge is 2.25. The molecule has 0 bridgehead atoms. The second kappa shape index (κ2) is 9.07. The van der Waals surface area contributed by atoms with E-state index in [9.17, 15) is 4.79 Å². The molecular formula is C14H23Cl2N3O2. The molecule has 21 heavy (non-hydrogen) atoms. The van der Waals surface area contributed by atoms with E-state index >= 15 is 0 Å². The molecule has 7 heteroatoms. The fraction of sp³-hybridized carbons (Fsp3) is 0.571. The van der Waals surface area contributed by atoms with Crippen LogP contribution in [0.2, 0.25) is 0 Å². The molecule has 0 saturated carbocycles. The molecule has 0 aromatic carbocycles. The minimum atomic E-state index is -0.0913. The summed E-state index contributed by atoms with van der Waals surface area (Å²) in [7, 11) is 0. The Kier molecular flexibility index (Phi) is 8.63. The molecule has 1 aromatic heterocycles. The molecule has 1 aromatic rings. The number of nitrogens with two attached hydrogens (primary N) is 1. The van der Waals surface area contributed by atoms with Crippen molar-refractivity contribution >= 4 is 30.7 Å². The van der Waals surface area contributed by atoms with E-state index in [0.29, 0.717) is 18.0 Å². The van der Waals surface area contributed by atoms with Gasteiger partial charge in [-0.15, -0.1) is 24.8 Å². The number of carbonyl (C=O) groups excluding carboxylic acids is 1. The van der Waals surface area contributed by atoms with Crippen LogP contribution in [-0.2, 0) is 0 Å². The molecule has 1 amide bonds. The van der Waals surface area contributed by atoms with E-state index in [-0.39, 0.29) is 42.9 Å². The molecule has 2 rings (SSSR count). The van der Waals surface area contributed by atoms with Gasteiger partial charge >= 0.3 is 0 Å². The van der Waals surface area contributed by atoms with E-state index in [2.05, 4.69) is 4.98 Å². The second-order valence-corrected chi connectivity index (χ2v) is 5.17. The number of ether oxygens (including phenoxy) is 1. The second-order valence-electron chi connectivity index (χ2n) is 5.17. The van der Waals surface area contributed by atoms with Crippen LogP contribution in [0.3, 0.4) is 0 Å². The average molecular weight is 336 g/mol. The molecule has 0 aliphatic carbocycles. The van der Waals surface area contributed by atoms with Gasteiger partial charge in [-0.1, -0.05) is 0 Å². The number of carbonyl (C=O) groups is 1. The predicted octanol–water partition coefficient (Wildman–Crippen LogP) is 2.28. The lowest BCUT2D eigenvalue weighted by Crippen LogP contribution is -2.46. The predicted molar refractivity (Wildman–Crippen MR) is 87.6 cm³/mol. The Morgan fingerprint density at radius 2 is 2.19 bits per heavy atom. The Balaban J connectivity index is 0.00000200. The normalized spacial score (nSPS) is 17.7. The van der Waals surface area contributed by atoms with Crippen LogP contribution in [0.1, 0.15) is 37.2 Å². The Morgan fingerprint density at radius 3 is 2.81 bits per heavy atom. The van der Waals surface area contributed by atoms with Crippen molar-refractivity contribution < 1.29 is 9.53 Å². The molecule has 1 aliphatic rings. The van der Waals surface area contributed by atoms with Crippen LogP contribution < -0.4 is 10.5 Å². The van der Waals surface area contributed by atoms with Crippen molar-refractivity contribution in [2.24, 2.45) is 5.73 Å². The standard InChI is InChI=1S/C14H21N3O2.2ClH/c1-10(2)19-12-6-3-7-16-13(12)14(18)17-8-4-5-11(15)9-17;;/h3,6-7,10-11H,4-5,8-9,15H2,1-2H3;2*1H. The fourth-order valence-corrected chi connectivity index (χ4v) is 2.24. The van der Waals surface area contributed by atoms with Crippen LogP contribution >= 0.6 is 24.8 Å². The zero-order valence-corrected chi connectivity index (χ0v) is 14.0. The van der Waals surface area contributed by atoms with Gasteiger partial charge in [-0.25, -0.2) is 4.98 Å². The van der Waals surface area contributed by atoms with Crippen LogP contribution in [0.15, 0.2) is 18.3 Å². The maximum absolute atomic E-state index is 12.5. The lowest BCUT2D eigenvalue weighted by molar-refractivity contribution is 0.0696. The van der Waals surface area contributed by atoms with Gasteiger partial charge in [0.25, 0.3) is 5.91 Å². The highest BCUT2D eigenvalue weighted by Crippen LogP contribution is 2.20. The van der Waals surface area contributed by atoms with Crippen molar-refractivity contribution in [1.82, 2.24) is 9.88 Å². The van der Waals surface area contributed by atoms with Gasteiger partial charge in [-0.05, 0) is 38.8 Å². The van der Waals surface area contributed by atoms with Crippen molar-refractivity contribution in [3.63, 3.8) is 0 Å². The van der Waals surface area contributed by atoms with E-state index in [1.807, 2.05) is 13.8 Å². The number of piperidine rings is 1. The van der Waals surface area contributed by atoms with Gasteiger partial charge in [0.2, 0.25) is 0 Å². The van der Waals surface area contributed by atoms with Gasteiger partial charge in [0.15, 0.2) is 11.4 Å². The molecule has 2 N–H and O–H groups in total. The first kappa shape index (κ1) is 20.0. The summed E-state index contributed by atoms with van der Waals surface area (Å²) in [6, 6.07) is 3.62. The molecule has 1 aliphatic heterocycles. The van der Waals surface area contributed by atoms with Crippen molar-refractivity contribution in [2.75, 3.05) is 13.1 Å². The number of hydrogen-bond acceptors (Lipinski definition) is 4. The summed E-state index contributed by atoms with van der Waals surface area (Å²) in [6.07, 6.45) is 3.55. The first-order valence-corrected chi connectivity index (χ1v) is 6.74. The summed E-state index contributed by atoms with van der Waals surface area (Å²) >= 11 is 0. The topological polar surface area (TPSA) is 68.5 Å². The Bertz CT molecular complexity index is 458. The summed E-state index contributed by atoms with van der Waals surface area (Å²) < 4.78 is 5.64. The number of nitrogens with zero attached hydrogens (tertiary/aromatic N) is 2. The number of likely N-dealkylation sites (tertiary alicyclic amines) is 1. The van der Waals surface area contributed by atoms with Crippen molar-refractivity contribution in [3.05, 3.63) is 24.0 Å². The summed E-state index contributed by atoms with van der Waals surface area (Å²) in [5.74, 6) is 0.452. The lowest BCUT2D eigenvalue weighted by Gasteiger charge is -2.30. The largest absolute Gasteiger partial charge is 0.489 e. The number of halogens is 2. The average Bonchev–Trinajstić information content (AvgIpc) is 2.38. The van der Waals surface area contributed by atoms with E-state index in [4.69, 9.17) is 10.5 Å². The minimum absolute atomic E-state index is 0. The first-order valence-electron chi connectivity index (χ1n) is 6.74. The third kappa shape index (κ3) is 5.34. The third-order valence-corrected chi connectivity index (χ3v) is 3.08. The first-order chi connectivity index (χ1) is 9.08. The minimum Gasteiger partial charge on any atom is -0.489 e. The monoisotopic (exact) mass is 335 g/mol. The van der Waals surface area contributed by atoms with Crippen LogP contribution in [0, 0.1) is 0 Å². The molecule has 120 valence electrons. The summed E-state index contributed by atoms with van der Waals surface area (Å²) in [4.78, 5) is 18.4. The number of pyridine rings is 1. The third-order valence-electron chi connectivity index (χ3n) is 3.08. The van der Waals surface area contributed by atoms with Gasteiger partial charge in [-0.3, -0.25) is 4.79 Å². The highest BCUT2D eigenvalue weighted by molar-refractivity contribution is 5.95. The molecule has 2 heterocycles. The van der Waals surface area contributed by atoms with Gasteiger partial charge in [0, 0.05) is 25.3 Å². The molecule has 1 unspecified atom stereocenters. The zero-order chi connectivity index (χ0) is 13.8. The Labute approximate surface area is 138 Å². The van der Waals surface area contributed by atoms with Gasteiger partial charge in [0.05, 0.1) is 6.10 Å². The van der Waals surface area contributed by atoms with E-state index in [0.717, 1.165) is 19.4 Å². The van der Waals surface area contributed by atoms with Crippen LogP contribution in [0.4, 0.5) is 0 Å². The maximum Gasteiger partial charge on any atom is 0.276 e. The quantitative estimate of drug-likeness (QED) is 0.919. The Morgan fingerprint density at radius 1 is 1.48 bits per heavy atom. The number of rotatable bonds is 3. The Hall–Kier alpha value is -1.04. The number of aromatic nitrogens is 1. The van der Waals surface area contributed by atoms with E-state index < -0.39 is 0 Å². The number of amides is 1. The van der Waals surface area contributed by atoms with Gasteiger partial charge < -0.3 is 15.4 Å². The summed E-state index contributed by atoms with van der Waals surface area (Å²) in [5, 5.41) is 0. The summed E-state index contributed by atoms with van der Waals surface area (Å²) in [5.41, 5.74) is 6.29. The summed E-state index contributed by atoms with van der Waals surface area (Å²) in [6.45, 7) is 5.19. The van der Waals surface area contributed by atoms with Crippen molar-refractivity contribution in [3.8, 4) is 5.75 Å². The fourth-order valence-electron chi connectivity index (χ4n) is 2.24. The van der Waals surface area contributed by atoms with Gasteiger partial charge in [0.1, 0.15) is 0 Å². The molecule has 5 nitrogen and oxygen atoms in total. The van der Waals surface area contributed by atoms with E-state index in [1.165, 1.54) is 0 Å². The van der Waals surface area contributed by atoms with Crippen LogP contribution in [0.5, 0.6) is 5.75 Å². The SMILES string of the molecule is CC(C)Oc1cccnc1C(=O)N1CCCC(N)C1.Cl.Cl.